The molecule has 32 heavy (non-hydrogen) atoms. The first-order chi connectivity index (χ1) is 15.3. The number of hydrogen-bond acceptors (Lipinski definition) is 3. The highest BCUT2D eigenvalue weighted by Gasteiger charge is 2.21. The highest BCUT2D eigenvalue weighted by Crippen LogP contribution is 2.27. The Morgan fingerprint density at radius 3 is 2.53 bits per heavy atom. The largest absolute Gasteiger partial charge is 0.335 e. The van der Waals surface area contributed by atoms with Crippen molar-refractivity contribution in [3.63, 3.8) is 0 Å². The second-order valence-corrected chi connectivity index (χ2v) is 8.19. The second-order valence-electron chi connectivity index (χ2n) is 7.40. The zero-order chi connectivity index (χ0) is 23.0. The Bertz CT molecular complexity index is 1460. The van der Waals surface area contributed by atoms with Gasteiger partial charge in [-0.05, 0) is 61.1 Å². The number of benzene rings is 3. The average Bonchev–Trinajstić information content (AvgIpc) is 2.78. The van der Waals surface area contributed by atoms with Crippen LogP contribution >= 0.6 is 23.8 Å². The molecule has 5 nitrogen and oxygen atoms in total. The Kier molecular flexibility index (Phi) is 5.95. The summed E-state index contributed by atoms with van der Waals surface area (Å²) in [6.07, 6.45) is 0. The minimum Gasteiger partial charge on any atom is -0.335 e. The fourth-order valence-corrected chi connectivity index (χ4v) is 4.19. The molecule has 0 bridgehead atoms. The second kappa shape index (κ2) is 8.68. The van der Waals surface area contributed by atoms with Crippen molar-refractivity contribution in [3.05, 3.63) is 104 Å². The van der Waals surface area contributed by atoms with Crippen molar-refractivity contribution < 1.29 is 9.18 Å². The Hall–Kier alpha value is -3.29. The van der Waals surface area contributed by atoms with E-state index in [9.17, 15) is 14.0 Å². The molecule has 0 radical (unpaired) electrons. The number of aromatic nitrogens is 2. The SMILES string of the molecule is CC(c1ccccc1Cl)N(C)C(=O)c1ccc2c(=O)n(-c3ccccc3F)c(=S)[nH]c2c1. The van der Waals surface area contributed by atoms with Gasteiger partial charge in [-0.15, -0.1) is 0 Å². The minimum atomic E-state index is -0.560. The molecule has 0 spiro atoms. The van der Waals surface area contributed by atoms with Gasteiger partial charge in [0, 0.05) is 17.6 Å². The molecule has 4 rings (SSSR count). The van der Waals surface area contributed by atoms with E-state index in [0.29, 0.717) is 21.5 Å². The number of H-pyrrole nitrogens is 1. The number of aromatic amines is 1. The maximum Gasteiger partial charge on any atom is 0.266 e. The van der Waals surface area contributed by atoms with Crippen molar-refractivity contribution in [3.8, 4) is 5.69 Å². The first-order valence-electron chi connectivity index (χ1n) is 9.85. The summed E-state index contributed by atoms with van der Waals surface area (Å²) >= 11 is 11.6. The van der Waals surface area contributed by atoms with Crippen LogP contribution in [0.15, 0.2) is 71.5 Å². The molecule has 0 fully saturated rings. The highest BCUT2D eigenvalue weighted by atomic mass is 35.5. The maximum absolute atomic E-state index is 14.3. The third-order valence-electron chi connectivity index (χ3n) is 5.49. The van der Waals surface area contributed by atoms with Crippen molar-refractivity contribution in [1.29, 1.82) is 0 Å². The molecule has 0 saturated heterocycles. The van der Waals surface area contributed by atoms with Gasteiger partial charge < -0.3 is 9.88 Å². The molecular weight excluding hydrogens is 449 g/mol. The van der Waals surface area contributed by atoms with Crippen molar-refractivity contribution in [2.45, 2.75) is 13.0 Å². The van der Waals surface area contributed by atoms with E-state index in [1.807, 2.05) is 25.1 Å². The van der Waals surface area contributed by atoms with Crippen LogP contribution in [-0.2, 0) is 0 Å². The molecule has 162 valence electrons. The summed E-state index contributed by atoms with van der Waals surface area (Å²) in [5.74, 6) is -0.799. The third kappa shape index (κ3) is 3.85. The molecule has 1 N–H and O–H groups in total. The lowest BCUT2D eigenvalue weighted by Gasteiger charge is -2.26. The smallest absolute Gasteiger partial charge is 0.266 e. The standard InChI is InChI=1S/C24H19ClFN3O2S/c1-14(16-7-3-4-8-18(16)25)28(2)22(30)15-11-12-17-20(13-15)27-24(32)29(23(17)31)21-10-6-5-9-19(21)26/h3-14H,1-2H3,(H,27,32). The Morgan fingerprint density at radius 1 is 1.12 bits per heavy atom. The first-order valence-corrected chi connectivity index (χ1v) is 10.6. The summed E-state index contributed by atoms with van der Waals surface area (Å²) in [5.41, 5.74) is 1.21. The molecule has 4 aromatic rings. The van der Waals surface area contributed by atoms with Crippen LogP contribution in [0.4, 0.5) is 4.39 Å². The molecule has 1 aromatic heterocycles. The topological polar surface area (TPSA) is 58.1 Å². The van der Waals surface area contributed by atoms with Crippen LogP contribution < -0.4 is 5.56 Å². The molecule has 8 heteroatoms. The number of fused-ring (bicyclic) bond motifs is 1. The van der Waals surface area contributed by atoms with Crippen LogP contribution in [0.2, 0.25) is 5.02 Å². The van der Waals surface area contributed by atoms with E-state index in [1.54, 1.807) is 42.3 Å². The van der Waals surface area contributed by atoms with Crippen LogP contribution in [0.3, 0.4) is 0 Å². The summed E-state index contributed by atoms with van der Waals surface area (Å²) < 4.78 is 15.4. The van der Waals surface area contributed by atoms with E-state index in [4.69, 9.17) is 23.8 Å². The maximum atomic E-state index is 14.3. The lowest BCUT2D eigenvalue weighted by Crippen LogP contribution is -2.30. The lowest BCUT2D eigenvalue weighted by atomic mass is 10.1. The lowest BCUT2D eigenvalue weighted by molar-refractivity contribution is 0.0743. The molecule has 0 aliphatic rings. The minimum absolute atomic E-state index is 0.0370. The number of amides is 1. The van der Waals surface area contributed by atoms with E-state index >= 15 is 0 Å². The van der Waals surface area contributed by atoms with Gasteiger partial charge in [0.15, 0.2) is 4.77 Å². The van der Waals surface area contributed by atoms with Crippen molar-refractivity contribution in [2.75, 3.05) is 7.05 Å². The fraction of sp³-hybridized carbons (Fsp3) is 0.125. The van der Waals surface area contributed by atoms with Gasteiger partial charge in [0.2, 0.25) is 0 Å². The number of carbonyl (C=O) groups is 1. The molecule has 1 heterocycles. The number of nitrogens with zero attached hydrogens (tertiary/aromatic N) is 2. The molecule has 0 aliphatic heterocycles. The zero-order valence-electron chi connectivity index (χ0n) is 17.3. The molecule has 0 saturated carbocycles. The summed E-state index contributed by atoms with van der Waals surface area (Å²) in [7, 11) is 1.69. The van der Waals surface area contributed by atoms with Crippen molar-refractivity contribution >= 4 is 40.6 Å². The number of carbonyl (C=O) groups excluding carboxylic acids is 1. The predicted molar refractivity (Wildman–Crippen MR) is 127 cm³/mol. The summed E-state index contributed by atoms with van der Waals surface area (Å²) in [6, 6.07) is 17.7. The van der Waals surface area contributed by atoms with Gasteiger partial charge >= 0.3 is 0 Å². The van der Waals surface area contributed by atoms with Gasteiger partial charge in [-0.25, -0.2) is 8.96 Å². The third-order valence-corrected chi connectivity index (χ3v) is 6.12. The van der Waals surface area contributed by atoms with Crippen molar-refractivity contribution in [2.24, 2.45) is 0 Å². The summed E-state index contributed by atoms with van der Waals surface area (Å²) in [4.78, 5) is 30.7. The number of halogens is 2. The van der Waals surface area contributed by atoms with Gasteiger partial charge in [0.1, 0.15) is 5.82 Å². The fourth-order valence-electron chi connectivity index (χ4n) is 3.60. The first kappa shape index (κ1) is 21.9. The van der Waals surface area contributed by atoms with E-state index < -0.39 is 11.4 Å². The van der Waals surface area contributed by atoms with E-state index in [2.05, 4.69) is 4.98 Å². The zero-order valence-corrected chi connectivity index (χ0v) is 18.9. The summed E-state index contributed by atoms with van der Waals surface area (Å²) in [5, 5.41) is 0.871. The molecule has 1 atom stereocenters. The van der Waals surface area contributed by atoms with E-state index in [-0.39, 0.29) is 22.4 Å². The Morgan fingerprint density at radius 2 is 1.81 bits per heavy atom. The normalized spacial score (nSPS) is 12.0. The van der Waals surface area contributed by atoms with Crippen LogP contribution in [0.1, 0.15) is 28.9 Å². The van der Waals surface area contributed by atoms with Gasteiger partial charge in [0.25, 0.3) is 11.5 Å². The van der Waals surface area contributed by atoms with Crippen molar-refractivity contribution in [1.82, 2.24) is 14.5 Å². The summed E-state index contributed by atoms with van der Waals surface area (Å²) in [6.45, 7) is 1.89. The molecule has 1 amide bonds. The van der Waals surface area contributed by atoms with Gasteiger partial charge in [-0.2, -0.15) is 0 Å². The Balaban J connectivity index is 1.75. The van der Waals surface area contributed by atoms with Gasteiger partial charge in [-0.3, -0.25) is 9.59 Å². The van der Waals surface area contributed by atoms with Crippen LogP contribution in [0.25, 0.3) is 16.6 Å². The highest BCUT2D eigenvalue weighted by molar-refractivity contribution is 7.71. The quantitative estimate of drug-likeness (QED) is 0.393. The average molecular weight is 468 g/mol. The van der Waals surface area contributed by atoms with E-state index in [1.165, 1.54) is 18.2 Å². The number of para-hydroxylation sites is 1. The molecule has 1 unspecified atom stereocenters. The molecule has 3 aromatic carbocycles. The monoisotopic (exact) mass is 467 g/mol. The predicted octanol–water partition coefficient (Wildman–Crippen LogP) is 5.67. The Labute approximate surface area is 193 Å². The van der Waals surface area contributed by atoms with Gasteiger partial charge in [-0.1, -0.05) is 41.9 Å². The molecule has 0 aliphatic carbocycles. The van der Waals surface area contributed by atoms with Crippen LogP contribution in [0.5, 0.6) is 0 Å². The van der Waals surface area contributed by atoms with Crippen LogP contribution in [0, 0.1) is 10.6 Å². The van der Waals surface area contributed by atoms with E-state index in [0.717, 1.165) is 10.1 Å². The van der Waals surface area contributed by atoms with Gasteiger partial charge in [0.05, 0.1) is 22.6 Å². The number of rotatable bonds is 4. The number of hydrogen-bond donors (Lipinski definition) is 1. The van der Waals surface area contributed by atoms with Crippen LogP contribution in [-0.4, -0.2) is 27.4 Å². The molecular formula is C24H19ClFN3O2S. The number of nitrogens with one attached hydrogen (secondary N) is 1.